The average Bonchev–Trinajstić information content (AvgIpc) is 2.64. The molecule has 2 rings (SSSR count). The lowest BCUT2D eigenvalue weighted by molar-refractivity contribution is 0.201. The van der Waals surface area contributed by atoms with Gasteiger partial charge in [-0.2, -0.15) is 8.42 Å². The third-order valence-electron chi connectivity index (χ3n) is 4.48. The first kappa shape index (κ1) is 22.7. The molecule has 2 aromatic rings. The van der Waals surface area contributed by atoms with Gasteiger partial charge < -0.3 is 14.4 Å². The van der Waals surface area contributed by atoms with Crippen molar-refractivity contribution in [1.82, 2.24) is 4.90 Å². The number of carbonyl (C=O) groups is 1. The van der Waals surface area contributed by atoms with Gasteiger partial charge in [0.25, 0.3) is 0 Å². The quantitative estimate of drug-likeness (QED) is 0.629. The zero-order valence-corrected chi connectivity index (χ0v) is 18.5. The van der Waals surface area contributed by atoms with E-state index in [4.69, 9.17) is 4.18 Å². The molecule has 0 heterocycles. The number of nitrogens with zero attached hydrogens (tertiary/aromatic N) is 1. The van der Waals surface area contributed by atoms with Gasteiger partial charge in [0, 0.05) is 18.8 Å². The Morgan fingerprint density at radius 3 is 2.45 bits per heavy atom. The molecule has 0 aliphatic heterocycles. The van der Waals surface area contributed by atoms with Gasteiger partial charge in [-0.05, 0) is 67.6 Å². The summed E-state index contributed by atoms with van der Waals surface area (Å²) in [7, 11) is -3.59. The topological polar surface area (TPSA) is 75.7 Å². The molecule has 0 aliphatic carbocycles. The van der Waals surface area contributed by atoms with Crippen molar-refractivity contribution in [3.05, 3.63) is 59.2 Å². The van der Waals surface area contributed by atoms with E-state index in [0.717, 1.165) is 16.8 Å². The second-order valence-electron chi connectivity index (χ2n) is 7.58. The molecular formula is C22H30N2O4S. The van der Waals surface area contributed by atoms with E-state index in [1.807, 2.05) is 52.0 Å². The maximum absolute atomic E-state index is 12.9. The molecule has 0 atom stereocenters. The van der Waals surface area contributed by atoms with Crippen LogP contribution in [-0.2, 0) is 16.7 Å². The number of urea groups is 1. The molecule has 7 heteroatoms. The van der Waals surface area contributed by atoms with Crippen LogP contribution in [0.1, 0.15) is 37.5 Å². The summed E-state index contributed by atoms with van der Waals surface area (Å²) in [5.74, 6) is 0.429. The summed E-state index contributed by atoms with van der Waals surface area (Å²) in [5.41, 5.74) is 3.82. The van der Waals surface area contributed by atoms with Gasteiger partial charge in [0.15, 0.2) is 0 Å². The molecule has 0 saturated carbocycles. The number of benzene rings is 2. The van der Waals surface area contributed by atoms with Gasteiger partial charge in [-0.25, -0.2) is 4.79 Å². The number of rotatable bonds is 8. The Labute approximate surface area is 174 Å². The van der Waals surface area contributed by atoms with E-state index >= 15 is 0 Å². The highest BCUT2D eigenvalue weighted by molar-refractivity contribution is 7.87. The minimum absolute atomic E-state index is 0.102. The zero-order chi connectivity index (χ0) is 21.6. The van der Waals surface area contributed by atoms with E-state index in [-0.39, 0.29) is 23.5 Å². The molecule has 1 N–H and O–H groups in total. The molecule has 2 aromatic carbocycles. The summed E-state index contributed by atoms with van der Waals surface area (Å²) in [6.07, 6.45) is 0. The summed E-state index contributed by atoms with van der Waals surface area (Å²) in [5, 5.41) is 2.96. The molecular weight excluding hydrogens is 388 g/mol. The zero-order valence-electron chi connectivity index (χ0n) is 17.7. The minimum atomic E-state index is -3.59. The Morgan fingerprint density at radius 2 is 1.83 bits per heavy atom. The number of amides is 2. The normalized spacial score (nSPS) is 11.4. The smallest absolute Gasteiger partial charge is 0.322 e. The second kappa shape index (κ2) is 9.78. The molecule has 0 radical (unpaired) electrons. The predicted octanol–water partition coefficient (Wildman–Crippen LogP) is 4.72. The summed E-state index contributed by atoms with van der Waals surface area (Å²) in [4.78, 5) is 14.6. The Bertz CT molecular complexity index is 955. The van der Waals surface area contributed by atoms with Crippen LogP contribution < -0.4 is 9.50 Å². The Morgan fingerprint density at radius 1 is 1.10 bits per heavy atom. The van der Waals surface area contributed by atoms with E-state index in [2.05, 4.69) is 5.32 Å². The average molecular weight is 419 g/mol. The van der Waals surface area contributed by atoms with Gasteiger partial charge in [-0.3, -0.25) is 0 Å². The first-order chi connectivity index (χ1) is 13.6. The summed E-state index contributed by atoms with van der Waals surface area (Å²) >= 11 is 0. The molecule has 158 valence electrons. The SMILES string of the molecule is CCS(=O)(=O)Oc1cccc(CN(CC(C)C)C(=O)Nc2ccc(C)c(C)c2)c1. The Balaban J connectivity index is 2.17. The van der Waals surface area contributed by atoms with Crippen LogP contribution in [0.15, 0.2) is 42.5 Å². The molecule has 2 amide bonds. The van der Waals surface area contributed by atoms with Crippen molar-refractivity contribution in [3.8, 4) is 5.75 Å². The highest BCUT2D eigenvalue weighted by atomic mass is 32.2. The van der Waals surface area contributed by atoms with Crippen LogP contribution >= 0.6 is 0 Å². The number of nitrogens with one attached hydrogen (secondary N) is 1. The largest absolute Gasteiger partial charge is 0.382 e. The highest BCUT2D eigenvalue weighted by Gasteiger charge is 2.17. The van der Waals surface area contributed by atoms with E-state index in [1.54, 1.807) is 23.1 Å². The summed E-state index contributed by atoms with van der Waals surface area (Å²) < 4.78 is 28.5. The molecule has 0 aliphatic rings. The molecule has 0 aromatic heterocycles. The minimum Gasteiger partial charge on any atom is -0.382 e. The van der Waals surface area contributed by atoms with E-state index < -0.39 is 10.1 Å². The lowest BCUT2D eigenvalue weighted by Gasteiger charge is -2.25. The maximum Gasteiger partial charge on any atom is 0.322 e. The lowest BCUT2D eigenvalue weighted by atomic mass is 10.1. The monoisotopic (exact) mass is 418 g/mol. The van der Waals surface area contributed by atoms with Crippen LogP contribution in [0.25, 0.3) is 0 Å². The van der Waals surface area contributed by atoms with Crippen molar-refractivity contribution in [2.75, 3.05) is 17.6 Å². The number of hydrogen-bond donors (Lipinski definition) is 1. The van der Waals surface area contributed by atoms with Crippen LogP contribution in [0.5, 0.6) is 5.75 Å². The highest BCUT2D eigenvalue weighted by Crippen LogP contribution is 2.19. The van der Waals surface area contributed by atoms with Crippen LogP contribution in [-0.4, -0.2) is 31.6 Å². The fraction of sp³-hybridized carbons (Fsp3) is 0.409. The van der Waals surface area contributed by atoms with Gasteiger partial charge in [-0.1, -0.05) is 32.0 Å². The fourth-order valence-corrected chi connectivity index (χ4v) is 3.32. The Hall–Kier alpha value is -2.54. The standard InChI is InChI=1S/C22H30N2O4S/c1-6-29(26,27)28-21-9-7-8-19(13-21)15-24(14-16(2)3)22(25)23-20-11-10-17(4)18(5)12-20/h7-13,16H,6,14-15H2,1-5H3,(H,23,25). The molecule has 0 bridgehead atoms. The lowest BCUT2D eigenvalue weighted by Crippen LogP contribution is -2.37. The molecule has 6 nitrogen and oxygen atoms in total. The van der Waals surface area contributed by atoms with Crippen molar-refractivity contribution >= 4 is 21.8 Å². The third kappa shape index (κ3) is 7.09. The molecule has 0 saturated heterocycles. The van der Waals surface area contributed by atoms with Crippen LogP contribution in [0.4, 0.5) is 10.5 Å². The van der Waals surface area contributed by atoms with Gasteiger partial charge in [0.1, 0.15) is 5.75 Å². The van der Waals surface area contributed by atoms with Crippen LogP contribution in [0.3, 0.4) is 0 Å². The number of aryl methyl sites for hydroxylation is 2. The van der Waals surface area contributed by atoms with Gasteiger partial charge in [0.05, 0.1) is 5.75 Å². The second-order valence-corrected chi connectivity index (χ2v) is 9.44. The first-order valence-electron chi connectivity index (χ1n) is 9.74. The van der Waals surface area contributed by atoms with Crippen LogP contribution in [0.2, 0.25) is 0 Å². The molecule has 0 fully saturated rings. The van der Waals surface area contributed by atoms with Crippen molar-refractivity contribution in [3.63, 3.8) is 0 Å². The van der Waals surface area contributed by atoms with Gasteiger partial charge in [0.2, 0.25) is 0 Å². The van der Waals surface area contributed by atoms with E-state index in [9.17, 15) is 13.2 Å². The van der Waals surface area contributed by atoms with Crippen molar-refractivity contribution in [2.24, 2.45) is 5.92 Å². The van der Waals surface area contributed by atoms with E-state index in [0.29, 0.717) is 13.1 Å². The molecule has 0 unspecified atom stereocenters. The predicted molar refractivity (Wildman–Crippen MR) is 117 cm³/mol. The third-order valence-corrected chi connectivity index (χ3v) is 5.63. The summed E-state index contributed by atoms with van der Waals surface area (Å²) in [6, 6.07) is 12.4. The molecule has 29 heavy (non-hydrogen) atoms. The van der Waals surface area contributed by atoms with E-state index in [1.165, 1.54) is 12.5 Å². The number of carbonyl (C=O) groups excluding carboxylic acids is 1. The number of anilines is 1. The van der Waals surface area contributed by atoms with Crippen LogP contribution in [0, 0.1) is 19.8 Å². The fourth-order valence-electron chi connectivity index (χ4n) is 2.80. The first-order valence-corrected chi connectivity index (χ1v) is 11.3. The number of hydrogen-bond acceptors (Lipinski definition) is 4. The summed E-state index contributed by atoms with van der Waals surface area (Å²) in [6.45, 7) is 10.6. The van der Waals surface area contributed by atoms with Gasteiger partial charge >= 0.3 is 16.1 Å². The van der Waals surface area contributed by atoms with Crippen molar-refractivity contribution in [2.45, 2.75) is 41.2 Å². The maximum atomic E-state index is 12.9. The van der Waals surface area contributed by atoms with Gasteiger partial charge in [-0.15, -0.1) is 0 Å². The van der Waals surface area contributed by atoms with Crippen molar-refractivity contribution in [1.29, 1.82) is 0 Å². The van der Waals surface area contributed by atoms with Crippen molar-refractivity contribution < 1.29 is 17.4 Å². The molecule has 0 spiro atoms. The Kier molecular flexibility index (Phi) is 7.67.